The number of halogens is 3. The predicted molar refractivity (Wildman–Crippen MR) is 96.9 cm³/mol. The normalized spacial score (nSPS) is 15.5. The Morgan fingerprint density at radius 1 is 0.875 bits per heavy atom. The van der Waals surface area contributed by atoms with Crippen LogP contribution in [0.1, 0.15) is 37.2 Å². The van der Waals surface area contributed by atoms with Gasteiger partial charge in [0.2, 0.25) is 10.6 Å². The van der Waals surface area contributed by atoms with E-state index >= 15 is 0 Å². The second kappa shape index (κ2) is 9.63. The van der Waals surface area contributed by atoms with Gasteiger partial charge in [-0.1, -0.05) is 12.8 Å². The highest BCUT2D eigenvalue weighted by Crippen LogP contribution is 2.39. The van der Waals surface area contributed by atoms with Crippen molar-refractivity contribution in [2.24, 2.45) is 0 Å². The first-order valence-corrected chi connectivity index (χ1v) is 8.97. The first-order chi connectivity index (χ1) is 11.5. The highest BCUT2D eigenvalue weighted by Gasteiger charge is 2.33. The van der Waals surface area contributed by atoms with E-state index in [1.54, 1.807) is 12.4 Å². The molecule has 0 radical (unpaired) electrons. The Morgan fingerprint density at radius 3 is 1.62 bits per heavy atom. The van der Waals surface area contributed by atoms with E-state index in [-0.39, 0.29) is 11.1 Å². The van der Waals surface area contributed by atoms with Crippen molar-refractivity contribution in [3.63, 3.8) is 0 Å². The van der Waals surface area contributed by atoms with Crippen LogP contribution in [0.25, 0.3) is 0 Å². The Kier molecular flexibility index (Phi) is 7.83. The zero-order valence-corrected chi connectivity index (χ0v) is 15.8. The van der Waals surface area contributed by atoms with Gasteiger partial charge < -0.3 is 10.0 Å². The summed E-state index contributed by atoms with van der Waals surface area (Å²) in [4.78, 5) is 15.2. The lowest BCUT2D eigenvalue weighted by Gasteiger charge is -1.93. The molecule has 10 heteroatoms. The number of rotatable bonds is 2. The van der Waals surface area contributed by atoms with Gasteiger partial charge in [-0.05, 0) is 69.3 Å². The zero-order valence-electron chi connectivity index (χ0n) is 12.7. The van der Waals surface area contributed by atoms with Crippen LogP contribution in [0.2, 0.25) is 16.4 Å². The summed E-state index contributed by atoms with van der Waals surface area (Å²) in [5.74, 6) is 0.933. The Hall–Kier alpha value is -0.795. The zero-order chi connectivity index (χ0) is 17.5. The molecule has 0 aliphatic heterocycles. The number of aromatic nitrogens is 4. The molecular formula is C14H16BBrCl2N4O2. The van der Waals surface area contributed by atoms with Crippen molar-refractivity contribution < 1.29 is 10.0 Å². The van der Waals surface area contributed by atoms with Crippen molar-refractivity contribution in [3.05, 3.63) is 45.4 Å². The largest absolute Gasteiger partial charge is 0.454 e. The van der Waals surface area contributed by atoms with E-state index in [9.17, 15) is 0 Å². The summed E-state index contributed by atoms with van der Waals surface area (Å²) in [7, 11) is -1.04. The SMILES string of the molecule is Clc1ncc(Br)cn1.Clc1ncc(C2CC2)cn1.OB(O)C1CC1. The number of hydrogen-bond donors (Lipinski definition) is 2. The quantitative estimate of drug-likeness (QED) is 0.556. The lowest BCUT2D eigenvalue weighted by Crippen LogP contribution is -2.09. The molecule has 0 spiro atoms. The van der Waals surface area contributed by atoms with Crippen LogP contribution in [-0.2, 0) is 0 Å². The standard InChI is InChI=1S/C7H7ClN2.C4H2BrClN2.C3H7BO2/c8-7-9-3-6(4-10-7)5-1-2-5;5-3-1-7-4(6)8-2-3;5-4(6)3-1-2-3/h3-5H,1-2H2;1-2H;3,5-6H,1-2H2. The predicted octanol–water partition coefficient (Wildman–Crippen LogP) is 3.52. The lowest BCUT2D eigenvalue weighted by molar-refractivity contribution is 0.403. The van der Waals surface area contributed by atoms with E-state index in [1.807, 2.05) is 12.4 Å². The summed E-state index contributed by atoms with van der Waals surface area (Å²) >= 11 is 14.0. The van der Waals surface area contributed by atoms with Crippen molar-refractivity contribution in [1.29, 1.82) is 0 Å². The van der Waals surface area contributed by atoms with E-state index < -0.39 is 7.12 Å². The van der Waals surface area contributed by atoms with Crippen molar-refractivity contribution in [2.45, 2.75) is 37.4 Å². The molecule has 2 aliphatic rings. The van der Waals surface area contributed by atoms with Crippen molar-refractivity contribution in [1.82, 2.24) is 19.9 Å². The molecule has 4 rings (SSSR count). The minimum atomic E-state index is -1.04. The monoisotopic (exact) mass is 432 g/mol. The third kappa shape index (κ3) is 7.85. The van der Waals surface area contributed by atoms with E-state index in [0.717, 1.165) is 23.2 Å². The fourth-order valence-electron chi connectivity index (χ4n) is 1.64. The number of nitrogens with zero attached hydrogens (tertiary/aromatic N) is 4. The summed E-state index contributed by atoms with van der Waals surface area (Å²) in [5.41, 5.74) is 1.23. The molecule has 0 atom stereocenters. The maximum atomic E-state index is 8.25. The van der Waals surface area contributed by atoms with E-state index in [2.05, 4.69) is 35.9 Å². The second-order valence-electron chi connectivity index (χ2n) is 5.48. The molecule has 2 heterocycles. The van der Waals surface area contributed by atoms with Crippen molar-refractivity contribution >= 4 is 46.3 Å². The molecule has 2 aromatic rings. The Morgan fingerprint density at radius 2 is 1.33 bits per heavy atom. The van der Waals surface area contributed by atoms with Gasteiger partial charge >= 0.3 is 7.12 Å². The molecule has 2 saturated carbocycles. The Balaban J connectivity index is 0.000000135. The van der Waals surface area contributed by atoms with Gasteiger partial charge in [0.15, 0.2) is 0 Å². The van der Waals surface area contributed by atoms with Gasteiger partial charge in [-0.2, -0.15) is 0 Å². The van der Waals surface area contributed by atoms with E-state index in [1.165, 1.54) is 18.4 Å². The van der Waals surface area contributed by atoms with E-state index in [0.29, 0.717) is 5.28 Å². The summed E-state index contributed by atoms with van der Waals surface area (Å²) in [5, 5.41) is 17.1. The molecule has 2 fully saturated rings. The number of hydrogen-bond acceptors (Lipinski definition) is 6. The first kappa shape index (κ1) is 19.5. The maximum absolute atomic E-state index is 8.25. The topological polar surface area (TPSA) is 92.0 Å². The summed E-state index contributed by atoms with van der Waals surface area (Å²) in [6.45, 7) is 0. The first-order valence-electron chi connectivity index (χ1n) is 7.42. The van der Waals surface area contributed by atoms with Gasteiger partial charge in [-0.15, -0.1) is 0 Å². The van der Waals surface area contributed by atoms with Crippen LogP contribution >= 0.6 is 39.1 Å². The lowest BCUT2D eigenvalue weighted by atomic mass is 9.84. The average molecular weight is 434 g/mol. The molecule has 0 saturated heterocycles. The van der Waals surface area contributed by atoms with Crippen LogP contribution in [0.3, 0.4) is 0 Å². The molecule has 24 heavy (non-hydrogen) atoms. The molecule has 0 aromatic carbocycles. The third-order valence-corrected chi connectivity index (χ3v) is 4.12. The van der Waals surface area contributed by atoms with Gasteiger partial charge in [-0.3, -0.25) is 0 Å². The third-order valence-electron chi connectivity index (χ3n) is 3.32. The average Bonchev–Trinajstić information content (AvgIpc) is 3.43. The van der Waals surface area contributed by atoms with Gasteiger partial charge in [0.05, 0.1) is 4.47 Å². The van der Waals surface area contributed by atoms with Crippen LogP contribution in [-0.4, -0.2) is 37.1 Å². The highest BCUT2D eigenvalue weighted by atomic mass is 79.9. The molecule has 0 bridgehead atoms. The Bertz CT molecular complexity index is 605. The van der Waals surface area contributed by atoms with E-state index in [4.69, 9.17) is 33.2 Å². The summed E-state index contributed by atoms with van der Waals surface area (Å²) in [6, 6.07) is 0. The van der Waals surface area contributed by atoms with Crippen LogP contribution < -0.4 is 0 Å². The van der Waals surface area contributed by atoms with Crippen LogP contribution in [0.15, 0.2) is 29.3 Å². The van der Waals surface area contributed by atoms with Gasteiger partial charge in [-0.25, -0.2) is 19.9 Å². The fraction of sp³-hybridized carbons (Fsp3) is 0.429. The summed E-state index contributed by atoms with van der Waals surface area (Å²) in [6.07, 6.45) is 11.4. The van der Waals surface area contributed by atoms with Gasteiger partial charge in [0, 0.05) is 24.8 Å². The molecule has 0 amide bonds. The molecule has 2 aliphatic carbocycles. The molecule has 2 N–H and O–H groups in total. The smallest absolute Gasteiger partial charge is 0.427 e. The van der Waals surface area contributed by atoms with Crippen molar-refractivity contribution in [3.8, 4) is 0 Å². The van der Waals surface area contributed by atoms with Crippen LogP contribution in [0.5, 0.6) is 0 Å². The Labute approximate surface area is 159 Å². The fourth-order valence-corrected chi connectivity index (χ4v) is 2.04. The highest BCUT2D eigenvalue weighted by molar-refractivity contribution is 9.10. The molecule has 6 nitrogen and oxygen atoms in total. The minimum absolute atomic E-state index is 0.213. The molecule has 2 aromatic heterocycles. The second-order valence-corrected chi connectivity index (χ2v) is 7.07. The van der Waals surface area contributed by atoms with Gasteiger partial charge in [0.25, 0.3) is 0 Å². The van der Waals surface area contributed by atoms with Crippen LogP contribution in [0.4, 0.5) is 0 Å². The minimum Gasteiger partial charge on any atom is -0.427 e. The summed E-state index contributed by atoms with van der Waals surface area (Å²) < 4.78 is 0.835. The molecular weight excluding hydrogens is 418 g/mol. The van der Waals surface area contributed by atoms with Crippen LogP contribution in [0, 0.1) is 0 Å². The molecule has 128 valence electrons. The molecule has 0 unspecified atom stereocenters. The van der Waals surface area contributed by atoms with Crippen molar-refractivity contribution in [2.75, 3.05) is 0 Å². The van der Waals surface area contributed by atoms with Gasteiger partial charge in [0.1, 0.15) is 0 Å². The maximum Gasteiger partial charge on any atom is 0.454 e.